The van der Waals surface area contributed by atoms with Crippen molar-refractivity contribution in [3.8, 4) is 0 Å². The van der Waals surface area contributed by atoms with Gasteiger partial charge in [0.05, 0.1) is 12.5 Å². The minimum atomic E-state index is -0.898. The first-order valence-corrected chi connectivity index (χ1v) is 11.8. The predicted molar refractivity (Wildman–Crippen MR) is 122 cm³/mol. The van der Waals surface area contributed by atoms with Crippen molar-refractivity contribution >= 4 is 11.9 Å². The summed E-state index contributed by atoms with van der Waals surface area (Å²) in [7, 11) is 0. The van der Waals surface area contributed by atoms with Gasteiger partial charge in [-0.05, 0) is 79.9 Å². The van der Waals surface area contributed by atoms with E-state index in [1.165, 1.54) is 0 Å². The molecule has 5 atom stereocenters. The molecular formula is C27H34O5. The second-order valence-electron chi connectivity index (χ2n) is 10.3. The number of rotatable bonds is 6. The third-order valence-electron chi connectivity index (χ3n) is 8.52. The van der Waals surface area contributed by atoms with Crippen LogP contribution in [0.25, 0.3) is 0 Å². The molecular weight excluding hydrogens is 404 g/mol. The van der Waals surface area contributed by atoms with E-state index in [9.17, 15) is 14.7 Å². The molecule has 3 aliphatic carbocycles. The van der Waals surface area contributed by atoms with Crippen molar-refractivity contribution in [2.75, 3.05) is 0 Å². The number of allylic oxidation sites excluding steroid dienone is 3. The van der Waals surface area contributed by atoms with Crippen LogP contribution in [0, 0.1) is 22.7 Å². The molecule has 1 fully saturated rings. The number of aryl methyl sites for hydroxylation is 1. The number of ether oxygens (including phenoxy) is 1. The van der Waals surface area contributed by atoms with Gasteiger partial charge < -0.3 is 14.3 Å². The summed E-state index contributed by atoms with van der Waals surface area (Å²) in [6, 6.07) is 2.00. The Kier molecular flexibility index (Phi) is 6.19. The number of furan rings is 1. The zero-order valence-electron chi connectivity index (χ0n) is 19.3. The summed E-state index contributed by atoms with van der Waals surface area (Å²) in [5, 5.41) is 10.1. The molecule has 1 heterocycles. The second-order valence-corrected chi connectivity index (χ2v) is 10.3. The van der Waals surface area contributed by atoms with Crippen LogP contribution in [0.4, 0.5) is 0 Å². The van der Waals surface area contributed by atoms with E-state index in [1.807, 2.05) is 18.2 Å². The van der Waals surface area contributed by atoms with Crippen LogP contribution < -0.4 is 0 Å². The van der Waals surface area contributed by atoms with Crippen molar-refractivity contribution in [3.63, 3.8) is 0 Å². The van der Waals surface area contributed by atoms with Crippen molar-refractivity contribution in [1.29, 1.82) is 0 Å². The fraction of sp³-hybridized carbons (Fsp3) is 0.556. The molecule has 5 heteroatoms. The molecule has 0 aliphatic heterocycles. The fourth-order valence-electron chi connectivity index (χ4n) is 6.27. The predicted octanol–water partition coefficient (Wildman–Crippen LogP) is 5.87. The van der Waals surface area contributed by atoms with Gasteiger partial charge in [-0.1, -0.05) is 39.0 Å². The van der Waals surface area contributed by atoms with Crippen molar-refractivity contribution in [1.82, 2.24) is 0 Å². The summed E-state index contributed by atoms with van der Waals surface area (Å²) in [6.07, 6.45) is 16.2. The first-order valence-electron chi connectivity index (χ1n) is 11.8. The van der Waals surface area contributed by atoms with Gasteiger partial charge in [0.2, 0.25) is 0 Å². The van der Waals surface area contributed by atoms with Gasteiger partial charge >= 0.3 is 11.9 Å². The number of carboxylic acid groups (broad SMARTS) is 1. The average Bonchev–Trinajstić information content (AvgIpc) is 3.30. The van der Waals surface area contributed by atoms with E-state index in [-0.39, 0.29) is 17.3 Å². The van der Waals surface area contributed by atoms with Gasteiger partial charge in [0, 0.05) is 16.6 Å². The Bertz CT molecular complexity index is 953. The zero-order chi connectivity index (χ0) is 22.9. The number of hydrogen-bond donors (Lipinski definition) is 1. The monoisotopic (exact) mass is 438 g/mol. The Balaban J connectivity index is 1.63. The lowest BCUT2D eigenvalue weighted by Gasteiger charge is -2.58. The molecule has 1 saturated carbocycles. The van der Waals surface area contributed by atoms with Crippen LogP contribution in [0.5, 0.6) is 0 Å². The first kappa shape index (κ1) is 22.6. The highest BCUT2D eigenvalue weighted by Crippen LogP contribution is 2.62. The standard InChI is InChI=1S/C27H34O5/c1-18-9-12-27(3)22(24(28)29)15-21(32-25(30)20-7-5-4-6-8-20)16-23(27)26(18,2)13-10-19-11-14-31-17-19/h4-5,7,11,14-15,17-18,21,23H,6,8-10,12-13,16H2,1-3H3,(H,28,29). The summed E-state index contributed by atoms with van der Waals surface area (Å²) in [5.74, 6) is -0.666. The lowest BCUT2D eigenvalue weighted by atomic mass is 9.46. The van der Waals surface area contributed by atoms with Crippen molar-refractivity contribution in [2.45, 2.75) is 71.8 Å². The van der Waals surface area contributed by atoms with E-state index in [1.54, 1.807) is 24.7 Å². The normalized spacial score (nSPS) is 34.3. The SMILES string of the molecule is CC1CCC2(C)C(C(=O)O)=CC(OC(=O)C3=CC=CCC3)CC2C1(C)CCc1ccoc1. The number of fused-ring (bicyclic) bond motifs is 1. The van der Waals surface area contributed by atoms with Crippen LogP contribution in [-0.2, 0) is 20.7 Å². The molecule has 0 bridgehead atoms. The molecule has 5 nitrogen and oxygen atoms in total. The third kappa shape index (κ3) is 4.10. The highest BCUT2D eigenvalue weighted by Gasteiger charge is 2.57. The number of carboxylic acids is 1. The molecule has 5 unspecified atom stereocenters. The molecule has 1 aromatic heterocycles. The Hall–Kier alpha value is -2.56. The zero-order valence-corrected chi connectivity index (χ0v) is 19.3. The Labute approximate surface area is 190 Å². The number of carbonyl (C=O) groups excluding carboxylic acids is 1. The van der Waals surface area contributed by atoms with Crippen LogP contribution in [0.3, 0.4) is 0 Å². The van der Waals surface area contributed by atoms with Gasteiger partial charge in [-0.25, -0.2) is 9.59 Å². The van der Waals surface area contributed by atoms with E-state index in [0.29, 0.717) is 29.9 Å². The highest BCUT2D eigenvalue weighted by molar-refractivity contribution is 5.90. The van der Waals surface area contributed by atoms with Crippen molar-refractivity contribution in [2.24, 2.45) is 22.7 Å². The van der Waals surface area contributed by atoms with E-state index in [4.69, 9.17) is 9.15 Å². The van der Waals surface area contributed by atoms with Gasteiger partial charge in [-0.15, -0.1) is 0 Å². The quantitative estimate of drug-likeness (QED) is 0.562. The molecule has 1 N–H and O–H groups in total. The van der Waals surface area contributed by atoms with Gasteiger partial charge in [0.15, 0.2) is 0 Å². The van der Waals surface area contributed by atoms with Crippen molar-refractivity contribution in [3.05, 3.63) is 59.6 Å². The molecule has 0 spiro atoms. The molecule has 3 aliphatic rings. The summed E-state index contributed by atoms with van der Waals surface area (Å²) in [4.78, 5) is 25.1. The average molecular weight is 439 g/mol. The summed E-state index contributed by atoms with van der Waals surface area (Å²) >= 11 is 0. The van der Waals surface area contributed by atoms with E-state index in [0.717, 1.165) is 37.7 Å². The minimum Gasteiger partial charge on any atom is -0.478 e. The maximum absolute atomic E-state index is 12.8. The fourth-order valence-corrected chi connectivity index (χ4v) is 6.27. The molecule has 0 radical (unpaired) electrons. The van der Waals surface area contributed by atoms with Crippen LogP contribution in [0.2, 0.25) is 0 Å². The van der Waals surface area contributed by atoms with Crippen LogP contribution in [-0.4, -0.2) is 23.1 Å². The number of esters is 1. The van der Waals surface area contributed by atoms with E-state index < -0.39 is 17.5 Å². The Morgan fingerprint density at radius 3 is 2.78 bits per heavy atom. The van der Waals surface area contributed by atoms with E-state index >= 15 is 0 Å². The molecule has 32 heavy (non-hydrogen) atoms. The van der Waals surface area contributed by atoms with Crippen molar-refractivity contribution < 1.29 is 23.8 Å². The Morgan fingerprint density at radius 2 is 2.12 bits per heavy atom. The summed E-state index contributed by atoms with van der Waals surface area (Å²) < 4.78 is 11.1. The topological polar surface area (TPSA) is 76.7 Å². The molecule has 0 saturated heterocycles. The largest absolute Gasteiger partial charge is 0.478 e. The molecule has 172 valence electrons. The van der Waals surface area contributed by atoms with Crippen LogP contribution >= 0.6 is 0 Å². The smallest absolute Gasteiger partial charge is 0.334 e. The van der Waals surface area contributed by atoms with Gasteiger partial charge in [-0.3, -0.25) is 0 Å². The summed E-state index contributed by atoms with van der Waals surface area (Å²) in [6.45, 7) is 6.69. The molecule has 0 amide bonds. The minimum absolute atomic E-state index is 0.0727. The maximum atomic E-state index is 12.8. The Morgan fingerprint density at radius 1 is 1.31 bits per heavy atom. The number of carbonyl (C=O) groups is 2. The lowest BCUT2D eigenvalue weighted by molar-refractivity contribution is -0.150. The molecule has 0 aromatic carbocycles. The van der Waals surface area contributed by atoms with Crippen LogP contribution in [0.15, 0.2) is 58.5 Å². The third-order valence-corrected chi connectivity index (χ3v) is 8.52. The van der Waals surface area contributed by atoms with Gasteiger partial charge in [0.25, 0.3) is 0 Å². The highest BCUT2D eigenvalue weighted by atomic mass is 16.5. The second kappa shape index (κ2) is 8.76. The molecule has 1 aromatic rings. The van der Waals surface area contributed by atoms with Gasteiger partial charge in [0.1, 0.15) is 6.10 Å². The first-order chi connectivity index (χ1) is 15.2. The maximum Gasteiger partial charge on any atom is 0.334 e. The van der Waals surface area contributed by atoms with E-state index in [2.05, 4.69) is 20.8 Å². The summed E-state index contributed by atoms with van der Waals surface area (Å²) in [5.41, 5.74) is 1.72. The van der Waals surface area contributed by atoms with Gasteiger partial charge in [-0.2, -0.15) is 0 Å². The number of hydrogen-bond acceptors (Lipinski definition) is 4. The lowest BCUT2D eigenvalue weighted by Crippen LogP contribution is -2.53. The number of aliphatic carboxylic acids is 1. The van der Waals surface area contributed by atoms with Crippen LogP contribution in [0.1, 0.15) is 64.9 Å². The molecule has 4 rings (SSSR count).